The van der Waals surface area contributed by atoms with E-state index >= 15 is 0 Å². The molecular formula is C8H12S3. The molecule has 1 heterocycles. The van der Waals surface area contributed by atoms with Crippen molar-refractivity contribution in [3.63, 3.8) is 0 Å². The standard InChI is InChI=1S/C8H12S3/c1-5(2)6-8(3,4)7(9)11-10-6/h1-4H3. The first-order valence-corrected chi connectivity index (χ1v) is 6.09. The molecule has 0 unspecified atom stereocenters. The molecule has 0 amide bonds. The van der Waals surface area contributed by atoms with E-state index in [-0.39, 0.29) is 5.41 Å². The average molecular weight is 204 g/mol. The molecule has 11 heavy (non-hydrogen) atoms. The van der Waals surface area contributed by atoms with Gasteiger partial charge in [0.1, 0.15) is 0 Å². The van der Waals surface area contributed by atoms with Crippen LogP contribution in [0.3, 0.4) is 0 Å². The van der Waals surface area contributed by atoms with E-state index in [0.29, 0.717) is 0 Å². The average Bonchev–Trinajstić information content (AvgIpc) is 2.08. The molecule has 0 atom stereocenters. The molecule has 0 N–H and O–H groups in total. The highest BCUT2D eigenvalue weighted by atomic mass is 33.1. The molecule has 1 rings (SSSR count). The van der Waals surface area contributed by atoms with E-state index in [1.807, 2.05) is 10.8 Å². The lowest BCUT2D eigenvalue weighted by molar-refractivity contribution is 0.681. The Morgan fingerprint density at radius 3 is 2.00 bits per heavy atom. The van der Waals surface area contributed by atoms with Crippen molar-refractivity contribution >= 4 is 38.0 Å². The minimum Gasteiger partial charge on any atom is -0.0755 e. The van der Waals surface area contributed by atoms with E-state index in [1.165, 1.54) is 10.5 Å². The minimum atomic E-state index is 0.128. The molecule has 0 saturated carbocycles. The first kappa shape index (κ1) is 9.62. The van der Waals surface area contributed by atoms with Gasteiger partial charge in [-0.3, -0.25) is 0 Å². The Bertz CT molecular complexity index is 221. The fourth-order valence-corrected chi connectivity index (χ4v) is 4.80. The smallest absolute Gasteiger partial charge is 0.0696 e. The zero-order valence-corrected chi connectivity index (χ0v) is 9.67. The maximum Gasteiger partial charge on any atom is 0.0696 e. The molecule has 0 nitrogen and oxygen atoms in total. The Morgan fingerprint density at radius 2 is 1.82 bits per heavy atom. The van der Waals surface area contributed by atoms with Crippen LogP contribution in [0.25, 0.3) is 0 Å². The molecule has 0 radical (unpaired) electrons. The number of allylic oxidation sites excluding steroid dienone is 2. The Morgan fingerprint density at radius 1 is 1.27 bits per heavy atom. The van der Waals surface area contributed by atoms with Crippen LogP contribution in [0.15, 0.2) is 10.5 Å². The molecule has 1 saturated heterocycles. The van der Waals surface area contributed by atoms with Gasteiger partial charge in [-0.05, 0) is 38.5 Å². The Balaban J connectivity index is 3.06. The fourth-order valence-electron chi connectivity index (χ4n) is 1.09. The van der Waals surface area contributed by atoms with Gasteiger partial charge in [0, 0.05) is 10.3 Å². The third-order valence-electron chi connectivity index (χ3n) is 1.73. The second kappa shape index (κ2) is 3.11. The summed E-state index contributed by atoms with van der Waals surface area (Å²) in [5.74, 6) is 0. The van der Waals surface area contributed by atoms with E-state index < -0.39 is 0 Å². The monoisotopic (exact) mass is 204 g/mol. The van der Waals surface area contributed by atoms with Crippen LogP contribution < -0.4 is 0 Å². The predicted molar refractivity (Wildman–Crippen MR) is 59.9 cm³/mol. The third kappa shape index (κ3) is 1.65. The van der Waals surface area contributed by atoms with Crippen molar-refractivity contribution in [2.24, 2.45) is 5.41 Å². The summed E-state index contributed by atoms with van der Waals surface area (Å²) in [6.07, 6.45) is 0. The lowest BCUT2D eigenvalue weighted by atomic mass is 9.93. The van der Waals surface area contributed by atoms with Crippen LogP contribution in [0, 0.1) is 5.41 Å². The number of rotatable bonds is 0. The molecule has 62 valence electrons. The van der Waals surface area contributed by atoms with Crippen LogP contribution in [0.1, 0.15) is 27.7 Å². The molecule has 0 aromatic rings. The zero-order chi connectivity index (χ0) is 8.65. The summed E-state index contributed by atoms with van der Waals surface area (Å²) in [4.78, 5) is 1.44. The van der Waals surface area contributed by atoms with Crippen LogP contribution in [0.2, 0.25) is 0 Å². The minimum absolute atomic E-state index is 0.128. The van der Waals surface area contributed by atoms with Crippen molar-refractivity contribution in [2.45, 2.75) is 27.7 Å². The van der Waals surface area contributed by atoms with Crippen LogP contribution in [0.5, 0.6) is 0 Å². The van der Waals surface area contributed by atoms with Crippen molar-refractivity contribution in [2.75, 3.05) is 0 Å². The van der Waals surface area contributed by atoms with Crippen molar-refractivity contribution in [3.8, 4) is 0 Å². The number of hydrogen-bond acceptors (Lipinski definition) is 3. The highest BCUT2D eigenvalue weighted by Crippen LogP contribution is 2.55. The van der Waals surface area contributed by atoms with Gasteiger partial charge >= 0.3 is 0 Å². The summed E-state index contributed by atoms with van der Waals surface area (Å²) in [5.41, 5.74) is 1.52. The van der Waals surface area contributed by atoms with Gasteiger partial charge in [-0.15, -0.1) is 0 Å². The molecule has 1 aliphatic rings. The van der Waals surface area contributed by atoms with Gasteiger partial charge in [-0.2, -0.15) is 0 Å². The normalized spacial score (nSPS) is 22.5. The summed E-state index contributed by atoms with van der Waals surface area (Å²) >= 11 is 5.26. The topological polar surface area (TPSA) is 0 Å². The number of thiocarbonyl (C=S) groups is 1. The van der Waals surface area contributed by atoms with E-state index in [0.717, 1.165) is 4.20 Å². The summed E-state index contributed by atoms with van der Waals surface area (Å²) in [5, 5.41) is 0. The molecule has 0 aromatic carbocycles. The zero-order valence-electron chi connectivity index (χ0n) is 7.22. The second-order valence-electron chi connectivity index (χ2n) is 3.41. The van der Waals surface area contributed by atoms with Gasteiger partial charge in [0.15, 0.2) is 0 Å². The van der Waals surface area contributed by atoms with Gasteiger partial charge in [0.2, 0.25) is 0 Å². The van der Waals surface area contributed by atoms with Gasteiger partial charge in [0.05, 0.1) is 4.20 Å². The third-order valence-corrected chi connectivity index (χ3v) is 5.89. The summed E-state index contributed by atoms with van der Waals surface area (Å²) < 4.78 is 1.11. The van der Waals surface area contributed by atoms with Gasteiger partial charge in [-0.1, -0.05) is 28.6 Å². The second-order valence-corrected chi connectivity index (χ2v) is 6.22. The van der Waals surface area contributed by atoms with Crippen LogP contribution in [0.4, 0.5) is 0 Å². The summed E-state index contributed by atoms with van der Waals surface area (Å²) in [7, 11) is 3.55. The lowest BCUT2D eigenvalue weighted by Gasteiger charge is -2.18. The quantitative estimate of drug-likeness (QED) is 0.432. The van der Waals surface area contributed by atoms with E-state index in [9.17, 15) is 0 Å². The van der Waals surface area contributed by atoms with Crippen LogP contribution in [-0.2, 0) is 0 Å². The van der Waals surface area contributed by atoms with Crippen LogP contribution >= 0.6 is 33.8 Å². The van der Waals surface area contributed by atoms with E-state index in [1.54, 1.807) is 10.8 Å². The molecule has 1 fully saturated rings. The maximum atomic E-state index is 5.26. The molecule has 0 spiro atoms. The van der Waals surface area contributed by atoms with Gasteiger partial charge in [0.25, 0.3) is 0 Å². The lowest BCUT2D eigenvalue weighted by Crippen LogP contribution is -2.15. The van der Waals surface area contributed by atoms with Crippen molar-refractivity contribution in [3.05, 3.63) is 10.5 Å². The number of hydrogen-bond donors (Lipinski definition) is 0. The summed E-state index contributed by atoms with van der Waals surface area (Å²) in [6.45, 7) is 8.70. The van der Waals surface area contributed by atoms with Gasteiger partial charge < -0.3 is 0 Å². The molecule has 0 aliphatic carbocycles. The Labute approximate surface area is 81.6 Å². The van der Waals surface area contributed by atoms with Crippen LogP contribution in [-0.4, -0.2) is 4.20 Å². The summed E-state index contributed by atoms with van der Waals surface area (Å²) in [6, 6.07) is 0. The fraction of sp³-hybridized carbons (Fsp3) is 0.625. The molecule has 0 aromatic heterocycles. The molecule has 1 aliphatic heterocycles. The first-order chi connectivity index (χ1) is 4.96. The van der Waals surface area contributed by atoms with E-state index in [4.69, 9.17) is 12.2 Å². The molecular weight excluding hydrogens is 192 g/mol. The SMILES string of the molecule is CC(C)=C1SSC(=S)C1(C)C. The Kier molecular flexibility index (Phi) is 2.72. The first-order valence-electron chi connectivity index (χ1n) is 3.53. The molecule has 0 bridgehead atoms. The van der Waals surface area contributed by atoms with Gasteiger partial charge in [-0.25, -0.2) is 0 Å². The maximum absolute atomic E-state index is 5.26. The van der Waals surface area contributed by atoms with Crippen molar-refractivity contribution in [1.82, 2.24) is 0 Å². The van der Waals surface area contributed by atoms with Crippen molar-refractivity contribution < 1.29 is 0 Å². The predicted octanol–water partition coefficient (Wildman–Crippen LogP) is 4.03. The highest BCUT2D eigenvalue weighted by molar-refractivity contribution is 8.85. The Hall–Kier alpha value is 0.530. The van der Waals surface area contributed by atoms with Crippen molar-refractivity contribution in [1.29, 1.82) is 0 Å². The molecule has 3 heteroatoms. The van der Waals surface area contributed by atoms with E-state index in [2.05, 4.69) is 27.7 Å². The highest BCUT2D eigenvalue weighted by Gasteiger charge is 2.36. The largest absolute Gasteiger partial charge is 0.0755 e.